The van der Waals surface area contributed by atoms with E-state index in [1.54, 1.807) is 28.4 Å². The number of ether oxygens (including phenoxy) is 4. The van der Waals surface area contributed by atoms with Crippen LogP contribution in [0.3, 0.4) is 0 Å². The molecule has 0 saturated carbocycles. The second-order valence-corrected chi connectivity index (χ2v) is 6.64. The Bertz CT molecular complexity index is 184. The van der Waals surface area contributed by atoms with Gasteiger partial charge in [-0.15, -0.1) is 0 Å². The molecule has 0 spiro atoms. The maximum absolute atomic E-state index is 5.40. The van der Waals surface area contributed by atoms with Crippen molar-refractivity contribution in [3.63, 3.8) is 0 Å². The van der Waals surface area contributed by atoms with Gasteiger partial charge in [0.1, 0.15) is 0 Å². The average Bonchev–Trinajstić information content (AvgIpc) is 2.41. The minimum absolute atomic E-state index is 0.179. The average molecular weight is 310 g/mol. The van der Waals surface area contributed by atoms with Crippen molar-refractivity contribution in [2.75, 3.05) is 28.4 Å². The molecule has 2 unspecified atom stereocenters. The molecular formula is C12H31NO4Si2. The van der Waals surface area contributed by atoms with Crippen LogP contribution in [0.1, 0.15) is 12.8 Å². The zero-order valence-electron chi connectivity index (χ0n) is 13.3. The van der Waals surface area contributed by atoms with Crippen molar-refractivity contribution in [3.05, 3.63) is 0 Å². The molecule has 1 N–H and O–H groups in total. The molecule has 0 heterocycles. The highest BCUT2D eigenvalue weighted by Gasteiger charge is 2.27. The van der Waals surface area contributed by atoms with E-state index < -0.39 is 0 Å². The molecule has 0 saturated heterocycles. The predicted octanol–water partition coefficient (Wildman–Crippen LogP) is -1.10. The van der Waals surface area contributed by atoms with Crippen molar-refractivity contribution < 1.29 is 18.9 Å². The third-order valence-corrected chi connectivity index (χ3v) is 4.37. The van der Waals surface area contributed by atoms with E-state index in [1.165, 1.54) is 32.6 Å². The van der Waals surface area contributed by atoms with Gasteiger partial charge in [-0.25, -0.2) is 0 Å². The minimum Gasteiger partial charge on any atom is -0.354 e. The lowest BCUT2D eigenvalue weighted by Gasteiger charge is -2.33. The lowest BCUT2D eigenvalue weighted by Crippen LogP contribution is -2.52. The fraction of sp³-hybridized carbons (Fsp3) is 1.00. The number of nitrogens with one attached hydrogen (secondary N) is 1. The summed E-state index contributed by atoms with van der Waals surface area (Å²) in [6.07, 6.45) is 1.66. The van der Waals surface area contributed by atoms with Crippen LogP contribution in [0.25, 0.3) is 0 Å². The van der Waals surface area contributed by atoms with Crippen LogP contribution < -0.4 is 5.32 Å². The highest BCUT2D eigenvalue weighted by molar-refractivity contribution is 6.08. The Morgan fingerprint density at radius 3 is 1.26 bits per heavy atom. The Morgan fingerprint density at radius 1 is 0.737 bits per heavy atom. The van der Waals surface area contributed by atoms with Gasteiger partial charge in [-0.2, -0.15) is 0 Å². The van der Waals surface area contributed by atoms with Gasteiger partial charge in [0, 0.05) is 48.9 Å². The zero-order valence-corrected chi connectivity index (χ0v) is 17.3. The normalized spacial score (nSPS) is 15.5. The first-order chi connectivity index (χ1) is 9.18. The molecule has 0 amide bonds. The van der Waals surface area contributed by atoms with Crippen LogP contribution in [0.2, 0.25) is 12.1 Å². The summed E-state index contributed by atoms with van der Waals surface area (Å²) in [5.74, 6) is 0. The van der Waals surface area contributed by atoms with Crippen LogP contribution in [0.15, 0.2) is 0 Å². The molecule has 116 valence electrons. The summed E-state index contributed by atoms with van der Waals surface area (Å²) in [4.78, 5) is 0. The Balaban J connectivity index is 4.71. The molecule has 19 heavy (non-hydrogen) atoms. The summed E-state index contributed by atoms with van der Waals surface area (Å²) < 4.78 is 21.6. The predicted molar refractivity (Wildman–Crippen MR) is 85.0 cm³/mol. The third kappa shape index (κ3) is 6.98. The van der Waals surface area contributed by atoms with Crippen molar-refractivity contribution in [2.45, 2.75) is 49.6 Å². The number of hydrogen-bond acceptors (Lipinski definition) is 5. The van der Waals surface area contributed by atoms with E-state index >= 15 is 0 Å². The topological polar surface area (TPSA) is 49.0 Å². The van der Waals surface area contributed by atoms with E-state index in [-0.39, 0.29) is 24.7 Å². The zero-order chi connectivity index (χ0) is 14.7. The molecular weight excluding hydrogens is 278 g/mol. The quantitative estimate of drug-likeness (QED) is 0.366. The Labute approximate surface area is 123 Å². The largest absolute Gasteiger partial charge is 0.354 e. The summed E-state index contributed by atoms with van der Waals surface area (Å²) >= 11 is 0. The van der Waals surface area contributed by atoms with E-state index in [0.717, 1.165) is 12.8 Å². The van der Waals surface area contributed by atoms with Gasteiger partial charge in [0.05, 0.1) is 12.1 Å². The molecule has 0 aromatic carbocycles. The Morgan fingerprint density at radius 2 is 1.05 bits per heavy atom. The Hall–Kier alpha value is 0.234. The standard InChI is InChI=1S/C12H31NO4Si2/c1-14-11(15-2)9(5-7-18)13-10(6-8-19)12(16-3)17-4/h9-13H,5-8H2,1-4,18-19H3. The van der Waals surface area contributed by atoms with Gasteiger partial charge < -0.3 is 24.3 Å². The third-order valence-electron chi connectivity index (χ3n) is 3.21. The summed E-state index contributed by atoms with van der Waals surface area (Å²) in [6, 6.07) is 2.77. The first kappa shape index (κ1) is 19.2. The Kier molecular flexibility index (Phi) is 12.2. The highest BCUT2D eigenvalue weighted by atomic mass is 28.1. The van der Waals surface area contributed by atoms with Gasteiger partial charge >= 0.3 is 0 Å². The van der Waals surface area contributed by atoms with Crippen LogP contribution in [0.4, 0.5) is 0 Å². The molecule has 0 aliphatic carbocycles. The van der Waals surface area contributed by atoms with Gasteiger partial charge in [-0.05, 0) is 12.8 Å². The second-order valence-electron chi connectivity index (χ2n) is 4.64. The van der Waals surface area contributed by atoms with Crippen molar-refractivity contribution in [2.24, 2.45) is 0 Å². The molecule has 0 aliphatic heterocycles. The van der Waals surface area contributed by atoms with Crippen LogP contribution in [-0.2, 0) is 18.9 Å². The molecule has 0 fully saturated rings. The number of hydrogen-bond donors (Lipinski definition) is 1. The SMILES string of the molecule is COC(OC)C(CC[SiH3])NC(CC[SiH3])C(OC)OC. The lowest BCUT2D eigenvalue weighted by atomic mass is 10.1. The molecule has 2 atom stereocenters. The van der Waals surface area contributed by atoms with Gasteiger partial charge in [-0.3, -0.25) is 0 Å². The monoisotopic (exact) mass is 309 g/mol. The van der Waals surface area contributed by atoms with Crippen molar-refractivity contribution in [1.82, 2.24) is 5.32 Å². The molecule has 5 nitrogen and oxygen atoms in total. The first-order valence-electron chi connectivity index (χ1n) is 7.05. The molecule has 7 heteroatoms. The minimum atomic E-state index is -0.222. The van der Waals surface area contributed by atoms with E-state index in [9.17, 15) is 0 Å². The number of rotatable bonds is 12. The highest BCUT2D eigenvalue weighted by Crippen LogP contribution is 2.13. The fourth-order valence-corrected chi connectivity index (χ4v) is 3.59. The van der Waals surface area contributed by atoms with Crippen LogP contribution >= 0.6 is 0 Å². The van der Waals surface area contributed by atoms with Gasteiger partial charge in [0.25, 0.3) is 0 Å². The second kappa shape index (κ2) is 12.0. The smallest absolute Gasteiger partial charge is 0.171 e. The summed E-state index contributed by atoms with van der Waals surface area (Å²) in [5, 5.41) is 3.60. The molecule has 0 bridgehead atoms. The maximum Gasteiger partial charge on any atom is 0.171 e. The molecule has 0 aromatic rings. The number of methoxy groups -OCH3 is 4. The van der Waals surface area contributed by atoms with E-state index in [4.69, 9.17) is 18.9 Å². The van der Waals surface area contributed by atoms with Crippen LogP contribution in [0, 0.1) is 0 Å². The lowest BCUT2D eigenvalue weighted by molar-refractivity contribution is -0.148. The molecule has 0 aliphatic rings. The van der Waals surface area contributed by atoms with Crippen molar-refractivity contribution in [3.8, 4) is 0 Å². The van der Waals surface area contributed by atoms with Gasteiger partial charge in [-0.1, -0.05) is 12.1 Å². The summed E-state index contributed by atoms with van der Waals surface area (Å²) in [7, 11) is 9.09. The van der Waals surface area contributed by atoms with E-state index in [2.05, 4.69) is 5.32 Å². The summed E-state index contributed by atoms with van der Waals surface area (Å²) in [6.45, 7) is 0. The van der Waals surface area contributed by atoms with Crippen molar-refractivity contribution in [1.29, 1.82) is 0 Å². The van der Waals surface area contributed by atoms with E-state index in [1.807, 2.05) is 0 Å². The fourth-order valence-electron chi connectivity index (χ4n) is 2.34. The molecule has 0 rings (SSSR count). The van der Waals surface area contributed by atoms with Crippen LogP contribution in [-0.4, -0.2) is 73.6 Å². The molecule has 0 aromatic heterocycles. The summed E-state index contributed by atoms with van der Waals surface area (Å²) in [5.41, 5.74) is 0. The first-order valence-corrected chi connectivity index (χ1v) is 9.88. The van der Waals surface area contributed by atoms with Gasteiger partial charge in [0.15, 0.2) is 12.6 Å². The van der Waals surface area contributed by atoms with Crippen LogP contribution in [0.5, 0.6) is 0 Å². The van der Waals surface area contributed by atoms with Crippen molar-refractivity contribution >= 4 is 20.5 Å². The van der Waals surface area contributed by atoms with E-state index in [0.29, 0.717) is 0 Å². The maximum atomic E-state index is 5.40. The van der Waals surface area contributed by atoms with Gasteiger partial charge in [0.2, 0.25) is 0 Å². The molecule has 0 radical (unpaired) electrons.